The van der Waals surface area contributed by atoms with E-state index < -0.39 is 26.8 Å². The molecule has 0 radical (unpaired) electrons. The van der Waals surface area contributed by atoms with E-state index in [2.05, 4.69) is 14.9 Å². The largest absolute Gasteiger partial charge is 0.416 e. The number of alkyl halides is 3. The van der Waals surface area contributed by atoms with E-state index in [1.165, 1.54) is 0 Å². The fraction of sp³-hybridized carbons (Fsp3) is 0.538. The van der Waals surface area contributed by atoms with Gasteiger partial charge in [-0.15, -0.1) is 24.8 Å². The fourth-order valence-electron chi connectivity index (χ4n) is 2.25. The van der Waals surface area contributed by atoms with E-state index in [9.17, 15) is 21.6 Å². The lowest BCUT2D eigenvalue weighted by Crippen LogP contribution is -2.46. The summed E-state index contributed by atoms with van der Waals surface area (Å²) in [6, 6.07) is 2.20. The molecule has 1 fully saturated rings. The quantitative estimate of drug-likeness (QED) is 0.732. The summed E-state index contributed by atoms with van der Waals surface area (Å²) in [5, 5.41) is 2.73. The molecule has 1 aliphatic rings. The fourth-order valence-corrected chi connectivity index (χ4v) is 3.81. The number of halogens is 6. The number of nitrogens with zero attached hydrogens (tertiary/aromatic N) is 1. The Labute approximate surface area is 162 Å². The highest BCUT2D eigenvalue weighted by Gasteiger charge is 2.32. The van der Waals surface area contributed by atoms with Crippen LogP contribution in [0.2, 0.25) is 5.02 Å². The molecule has 1 aliphatic heterocycles. The molecular formula is C13H19Cl3F3N3O2S. The smallest absolute Gasteiger partial charge is 0.314 e. The van der Waals surface area contributed by atoms with E-state index in [0.717, 1.165) is 32.2 Å². The third-order valence-electron chi connectivity index (χ3n) is 3.48. The van der Waals surface area contributed by atoms with Crippen molar-refractivity contribution in [1.29, 1.82) is 0 Å². The molecule has 0 aromatic heterocycles. The van der Waals surface area contributed by atoms with Crippen LogP contribution < -0.4 is 10.0 Å². The molecule has 0 spiro atoms. The Balaban J connectivity index is 0.00000288. The third kappa shape index (κ3) is 7.09. The van der Waals surface area contributed by atoms with Crippen molar-refractivity contribution >= 4 is 46.4 Å². The topological polar surface area (TPSA) is 61.4 Å². The summed E-state index contributed by atoms with van der Waals surface area (Å²) < 4.78 is 64.4. The molecule has 0 amide bonds. The van der Waals surface area contributed by atoms with Gasteiger partial charge in [-0.2, -0.15) is 13.2 Å². The van der Waals surface area contributed by atoms with Gasteiger partial charge in [0.05, 0.1) is 10.6 Å². The van der Waals surface area contributed by atoms with Crippen molar-refractivity contribution in [3.05, 3.63) is 28.8 Å². The minimum absolute atomic E-state index is 0. The van der Waals surface area contributed by atoms with Crippen molar-refractivity contribution in [1.82, 2.24) is 14.9 Å². The molecule has 2 N–H and O–H groups in total. The number of nitrogens with one attached hydrogen (secondary N) is 2. The average molecular weight is 445 g/mol. The Hall–Kier alpha value is -0.290. The standard InChI is InChI=1S/C13H17ClF3N3O2S.2ClH/c14-11-9-10(13(15,16)17)1-2-12(11)23(21,22)19-5-8-20-6-3-18-4-7-20;;/h1-2,9,18-19H,3-8H2;2*1H. The van der Waals surface area contributed by atoms with Gasteiger partial charge < -0.3 is 5.32 Å². The van der Waals surface area contributed by atoms with Crippen LogP contribution in [0.4, 0.5) is 13.2 Å². The van der Waals surface area contributed by atoms with Crippen LogP contribution in [-0.2, 0) is 16.2 Å². The second-order valence-electron chi connectivity index (χ2n) is 5.13. The highest BCUT2D eigenvalue weighted by Crippen LogP contribution is 2.33. The van der Waals surface area contributed by atoms with Gasteiger partial charge in [0.25, 0.3) is 0 Å². The van der Waals surface area contributed by atoms with Crippen molar-refractivity contribution in [3.8, 4) is 0 Å². The first-order chi connectivity index (χ1) is 10.7. The number of rotatable bonds is 5. The second-order valence-corrected chi connectivity index (χ2v) is 7.27. The molecule has 0 saturated carbocycles. The monoisotopic (exact) mass is 443 g/mol. The van der Waals surface area contributed by atoms with Crippen LogP contribution in [0.25, 0.3) is 0 Å². The summed E-state index contributed by atoms with van der Waals surface area (Å²) in [7, 11) is -3.95. The first kappa shape index (κ1) is 24.7. The third-order valence-corrected chi connectivity index (χ3v) is 5.42. The van der Waals surface area contributed by atoms with Gasteiger partial charge in [-0.1, -0.05) is 11.6 Å². The van der Waals surface area contributed by atoms with E-state index in [1.54, 1.807) is 0 Å². The highest BCUT2D eigenvalue weighted by atomic mass is 35.5. The van der Waals surface area contributed by atoms with E-state index in [0.29, 0.717) is 18.7 Å². The van der Waals surface area contributed by atoms with Gasteiger partial charge in [0, 0.05) is 39.3 Å². The van der Waals surface area contributed by atoms with Crippen LogP contribution in [0, 0.1) is 0 Å². The van der Waals surface area contributed by atoms with Gasteiger partial charge in [0.1, 0.15) is 4.90 Å². The molecule has 5 nitrogen and oxygen atoms in total. The normalized spacial score (nSPS) is 16.0. The predicted octanol–water partition coefficient (Wildman–Crippen LogP) is 2.39. The van der Waals surface area contributed by atoms with Gasteiger partial charge in [-0.05, 0) is 18.2 Å². The number of hydrogen-bond donors (Lipinski definition) is 2. The zero-order valence-corrected chi connectivity index (χ0v) is 16.2. The van der Waals surface area contributed by atoms with Gasteiger partial charge in [-0.3, -0.25) is 4.90 Å². The molecular weight excluding hydrogens is 426 g/mol. The zero-order valence-electron chi connectivity index (χ0n) is 13.0. The lowest BCUT2D eigenvalue weighted by atomic mass is 10.2. The molecule has 1 saturated heterocycles. The molecule has 0 unspecified atom stereocenters. The maximum absolute atomic E-state index is 12.6. The van der Waals surface area contributed by atoms with Crippen molar-refractivity contribution in [2.75, 3.05) is 39.3 Å². The maximum Gasteiger partial charge on any atom is 0.416 e. The number of sulfonamides is 1. The number of hydrogen-bond acceptors (Lipinski definition) is 4. The number of benzene rings is 1. The molecule has 0 atom stereocenters. The summed E-state index contributed by atoms with van der Waals surface area (Å²) in [5.74, 6) is 0. The summed E-state index contributed by atoms with van der Waals surface area (Å²) in [4.78, 5) is 1.74. The lowest BCUT2D eigenvalue weighted by molar-refractivity contribution is -0.137. The van der Waals surface area contributed by atoms with E-state index >= 15 is 0 Å². The van der Waals surface area contributed by atoms with Crippen molar-refractivity contribution in [2.45, 2.75) is 11.1 Å². The molecule has 12 heteroatoms. The van der Waals surface area contributed by atoms with Gasteiger partial charge in [0.2, 0.25) is 10.0 Å². The molecule has 1 heterocycles. The zero-order chi connectivity index (χ0) is 17.1. The molecule has 0 aliphatic carbocycles. The molecule has 0 bridgehead atoms. The van der Waals surface area contributed by atoms with E-state index in [1.807, 2.05) is 0 Å². The summed E-state index contributed by atoms with van der Waals surface area (Å²) in [5.41, 5.74) is -0.984. The minimum atomic E-state index is -4.57. The number of piperazine rings is 1. The van der Waals surface area contributed by atoms with Crippen molar-refractivity contribution in [3.63, 3.8) is 0 Å². The van der Waals surface area contributed by atoms with Crippen molar-refractivity contribution in [2.24, 2.45) is 0 Å². The predicted molar refractivity (Wildman–Crippen MR) is 95.4 cm³/mol. The Morgan fingerprint density at radius 1 is 1.20 bits per heavy atom. The summed E-state index contributed by atoms with van der Waals surface area (Å²) in [6.45, 7) is 4.03. The summed E-state index contributed by atoms with van der Waals surface area (Å²) in [6.07, 6.45) is -4.57. The highest BCUT2D eigenvalue weighted by molar-refractivity contribution is 7.89. The Morgan fingerprint density at radius 3 is 2.32 bits per heavy atom. The SMILES string of the molecule is Cl.Cl.O=S(=O)(NCCN1CCNCC1)c1ccc(C(F)(F)F)cc1Cl. The van der Waals surface area contributed by atoms with Gasteiger partial charge in [0.15, 0.2) is 0 Å². The molecule has 2 rings (SSSR count). The van der Waals surface area contributed by atoms with Crippen LogP contribution in [-0.4, -0.2) is 52.6 Å². The van der Waals surface area contributed by atoms with E-state index in [4.69, 9.17) is 11.6 Å². The Bertz CT molecular complexity index is 654. The average Bonchev–Trinajstić information content (AvgIpc) is 2.47. The summed E-state index contributed by atoms with van der Waals surface area (Å²) >= 11 is 5.71. The van der Waals surface area contributed by atoms with Crippen LogP contribution in [0.1, 0.15) is 5.56 Å². The van der Waals surface area contributed by atoms with Crippen LogP contribution >= 0.6 is 36.4 Å². The van der Waals surface area contributed by atoms with E-state index in [-0.39, 0.29) is 36.3 Å². The van der Waals surface area contributed by atoms with Gasteiger partial charge >= 0.3 is 6.18 Å². The first-order valence-corrected chi connectivity index (χ1v) is 8.86. The molecule has 146 valence electrons. The Kier molecular flexibility index (Phi) is 10.0. The molecule has 25 heavy (non-hydrogen) atoms. The Morgan fingerprint density at radius 2 is 1.80 bits per heavy atom. The maximum atomic E-state index is 12.6. The second kappa shape index (κ2) is 10.1. The minimum Gasteiger partial charge on any atom is -0.314 e. The first-order valence-electron chi connectivity index (χ1n) is 6.99. The molecule has 1 aromatic carbocycles. The van der Waals surface area contributed by atoms with Crippen LogP contribution in [0.5, 0.6) is 0 Å². The lowest BCUT2D eigenvalue weighted by Gasteiger charge is -2.27. The van der Waals surface area contributed by atoms with Crippen molar-refractivity contribution < 1.29 is 21.6 Å². The molecule has 1 aromatic rings. The van der Waals surface area contributed by atoms with Crippen LogP contribution in [0.15, 0.2) is 23.1 Å². The van der Waals surface area contributed by atoms with Crippen LogP contribution in [0.3, 0.4) is 0 Å². The van der Waals surface area contributed by atoms with Gasteiger partial charge in [-0.25, -0.2) is 13.1 Å².